The van der Waals surface area contributed by atoms with E-state index in [1.165, 1.54) is 17.0 Å². The molecule has 0 saturated carbocycles. The second-order valence-corrected chi connectivity index (χ2v) is 11.2. The molecule has 0 fully saturated rings. The fraction of sp³-hybridized carbons (Fsp3) is 0.0256. The van der Waals surface area contributed by atoms with Crippen LogP contribution in [0.5, 0.6) is 0 Å². The number of hydrogen-bond acceptors (Lipinski definition) is 4. The number of hydrogen-bond donors (Lipinski definition) is 3. The third-order valence-electron chi connectivity index (χ3n) is 8.30. The normalized spacial score (nSPS) is 14.0. The molecule has 0 aromatic heterocycles. The fourth-order valence-electron chi connectivity index (χ4n) is 6.08. The Morgan fingerprint density at radius 2 is 1.00 bits per heavy atom. The van der Waals surface area contributed by atoms with Gasteiger partial charge in [0.2, 0.25) is 0 Å². The van der Waals surface area contributed by atoms with Crippen LogP contribution in [0.2, 0.25) is 0 Å². The molecule has 8 heteroatoms. The first-order valence-corrected chi connectivity index (χ1v) is 14.8. The van der Waals surface area contributed by atoms with Crippen molar-refractivity contribution in [2.75, 3.05) is 0 Å². The van der Waals surface area contributed by atoms with Crippen LogP contribution in [0.4, 0.5) is 0 Å². The van der Waals surface area contributed by atoms with Crippen LogP contribution in [-0.2, 0) is 16.1 Å². The highest BCUT2D eigenvalue weighted by Crippen LogP contribution is 2.44. The molecule has 0 saturated heterocycles. The lowest BCUT2D eigenvalue weighted by Crippen LogP contribution is -2.27. The van der Waals surface area contributed by atoms with E-state index in [1.807, 2.05) is 109 Å². The van der Waals surface area contributed by atoms with Gasteiger partial charge in [-0.1, -0.05) is 109 Å². The maximum Gasteiger partial charge on any atom is 0.335 e. The number of carboxylic acids is 2. The van der Waals surface area contributed by atoms with Gasteiger partial charge in [0.05, 0.1) is 40.2 Å². The SMILES string of the molecule is O=C1NC(c2ccc(-c3ccccc3)cc2)=C2C(=O)N(Cc3cc(C(=O)O)cc(C(=O)O)c3)C(c3ccc(-c4ccccc4)cc3)=C12. The maximum atomic E-state index is 14.3. The van der Waals surface area contributed by atoms with Gasteiger partial charge in [0, 0.05) is 0 Å². The molecule has 0 unspecified atom stereocenters. The van der Waals surface area contributed by atoms with Crippen LogP contribution >= 0.6 is 0 Å². The Morgan fingerprint density at radius 3 is 1.49 bits per heavy atom. The number of carbonyl (C=O) groups excluding carboxylic acids is 2. The summed E-state index contributed by atoms with van der Waals surface area (Å²) in [6.45, 7) is -0.156. The number of benzene rings is 5. The average molecular weight is 619 g/mol. The highest BCUT2D eigenvalue weighted by atomic mass is 16.4. The first-order chi connectivity index (χ1) is 22.8. The Hall–Kier alpha value is -6.54. The van der Waals surface area contributed by atoms with Gasteiger partial charge >= 0.3 is 11.9 Å². The van der Waals surface area contributed by atoms with Crippen molar-refractivity contribution in [2.45, 2.75) is 6.54 Å². The van der Waals surface area contributed by atoms with Crippen molar-refractivity contribution in [3.05, 3.63) is 166 Å². The molecule has 3 N–H and O–H groups in total. The van der Waals surface area contributed by atoms with Crippen molar-refractivity contribution in [1.82, 2.24) is 10.2 Å². The quantitative estimate of drug-likeness (QED) is 0.178. The highest BCUT2D eigenvalue weighted by Gasteiger charge is 2.45. The van der Waals surface area contributed by atoms with Gasteiger partial charge in [0.1, 0.15) is 0 Å². The molecule has 8 nitrogen and oxygen atoms in total. The summed E-state index contributed by atoms with van der Waals surface area (Å²) in [4.78, 5) is 53.1. The standard InChI is InChI=1S/C39H26N2O6/c42-36-33-32(34(40-36)28-15-11-26(12-16-28)24-7-3-1-4-8-24)37(43)41(22-23-19-30(38(44)45)21-31(20-23)39(46)47)35(33)29-17-13-27(14-18-29)25-9-5-2-6-10-25/h1-21H,22H2,(H,40,42)(H,44,45)(H,46,47). The van der Waals surface area contributed by atoms with E-state index < -0.39 is 23.8 Å². The van der Waals surface area contributed by atoms with E-state index in [-0.39, 0.29) is 28.8 Å². The van der Waals surface area contributed by atoms with Crippen molar-refractivity contribution >= 4 is 35.1 Å². The zero-order valence-electron chi connectivity index (χ0n) is 24.8. The van der Waals surface area contributed by atoms with Crippen LogP contribution in [0.15, 0.2) is 139 Å². The summed E-state index contributed by atoms with van der Waals surface area (Å²) in [6.07, 6.45) is 0. The van der Waals surface area contributed by atoms with Gasteiger partial charge < -0.3 is 20.4 Å². The number of fused-ring (bicyclic) bond motifs is 1. The summed E-state index contributed by atoms with van der Waals surface area (Å²) in [6, 6.07) is 38.4. The van der Waals surface area contributed by atoms with Gasteiger partial charge in [-0.05, 0) is 57.1 Å². The van der Waals surface area contributed by atoms with Gasteiger partial charge in [-0.2, -0.15) is 0 Å². The molecular weight excluding hydrogens is 592 g/mol. The molecular formula is C39H26N2O6. The summed E-state index contributed by atoms with van der Waals surface area (Å²) in [5.41, 5.74) is 6.21. The molecule has 0 bridgehead atoms. The summed E-state index contributed by atoms with van der Waals surface area (Å²) in [7, 11) is 0. The Labute approximate surface area is 269 Å². The van der Waals surface area contributed by atoms with E-state index in [9.17, 15) is 29.4 Å². The van der Waals surface area contributed by atoms with Crippen molar-refractivity contribution < 1.29 is 29.4 Å². The number of nitrogens with zero attached hydrogens (tertiary/aromatic N) is 1. The first-order valence-electron chi connectivity index (χ1n) is 14.8. The number of carboxylic acid groups (broad SMARTS) is 2. The smallest absolute Gasteiger partial charge is 0.335 e. The molecule has 0 aliphatic carbocycles. The van der Waals surface area contributed by atoms with Crippen LogP contribution < -0.4 is 5.32 Å². The Kier molecular flexibility index (Phi) is 7.30. The minimum absolute atomic E-state index is 0.156. The molecule has 47 heavy (non-hydrogen) atoms. The number of nitrogens with one attached hydrogen (secondary N) is 1. The highest BCUT2D eigenvalue weighted by molar-refractivity contribution is 6.30. The van der Waals surface area contributed by atoms with E-state index in [0.717, 1.165) is 28.3 Å². The van der Waals surface area contributed by atoms with Crippen LogP contribution in [-0.4, -0.2) is 38.9 Å². The van der Waals surface area contributed by atoms with Crippen LogP contribution in [0.25, 0.3) is 33.6 Å². The largest absolute Gasteiger partial charge is 0.478 e. The maximum absolute atomic E-state index is 14.3. The predicted molar refractivity (Wildman–Crippen MR) is 177 cm³/mol. The molecule has 2 amide bonds. The molecule has 0 atom stereocenters. The van der Waals surface area contributed by atoms with Crippen molar-refractivity contribution in [3.63, 3.8) is 0 Å². The summed E-state index contributed by atoms with van der Waals surface area (Å²) in [5.74, 6) is -3.49. The summed E-state index contributed by atoms with van der Waals surface area (Å²) < 4.78 is 0. The Morgan fingerprint density at radius 1 is 0.553 bits per heavy atom. The topological polar surface area (TPSA) is 124 Å². The van der Waals surface area contributed by atoms with Crippen molar-refractivity contribution in [3.8, 4) is 22.3 Å². The lowest BCUT2D eigenvalue weighted by Gasteiger charge is -2.22. The van der Waals surface area contributed by atoms with Crippen LogP contribution in [0.1, 0.15) is 37.4 Å². The van der Waals surface area contributed by atoms with Gasteiger partial charge in [-0.25, -0.2) is 9.59 Å². The van der Waals surface area contributed by atoms with Crippen LogP contribution in [0, 0.1) is 0 Å². The number of rotatable bonds is 8. The minimum Gasteiger partial charge on any atom is -0.478 e. The molecule has 0 spiro atoms. The lowest BCUT2D eigenvalue weighted by atomic mass is 9.98. The Balaban J connectivity index is 1.35. The number of aromatic carboxylic acids is 2. The molecule has 2 aliphatic heterocycles. The van der Waals surface area contributed by atoms with Gasteiger partial charge in [-0.3, -0.25) is 9.59 Å². The average Bonchev–Trinajstić information content (AvgIpc) is 3.59. The van der Waals surface area contributed by atoms with Gasteiger partial charge in [0.15, 0.2) is 0 Å². The molecule has 2 aliphatic rings. The second kappa shape index (κ2) is 11.8. The first kappa shape index (κ1) is 29.2. The van der Waals surface area contributed by atoms with E-state index >= 15 is 0 Å². The molecule has 5 aromatic rings. The van der Waals surface area contributed by atoms with Crippen LogP contribution in [0.3, 0.4) is 0 Å². The fourth-order valence-corrected chi connectivity index (χ4v) is 6.08. The predicted octanol–water partition coefficient (Wildman–Crippen LogP) is 6.71. The minimum atomic E-state index is -1.29. The molecule has 2 heterocycles. The van der Waals surface area contributed by atoms with Crippen molar-refractivity contribution in [2.24, 2.45) is 0 Å². The third-order valence-corrected chi connectivity index (χ3v) is 8.30. The Bertz CT molecular complexity index is 2120. The molecule has 228 valence electrons. The zero-order chi connectivity index (χ0) is 32.7. The molecule has 7 rings (SSSR count). The monoisotopic (exact) mass is 618 g/mol. The van der Waals surface area contributed by atoms with E-state index in [4.69, 9.17) is 0 Å². The van der Waals surface area contributed by atoms with E-state index in [0.29, 0.717) is 28.1 Å². The molecule has 5 aromatic carbocycles. The van der Waals surface area contributed by atoms with Gasteiger partial charge in [0.25, 0.3) is 11.8 Å². The van der Waals surface area contributed by atoms with E-state index in [2.05, 4.69) is 5.32 Å². The zero-order valence-corrected chi connectivity index (χ0v) is 24.8. The van der Waals surface area contributed by atoms with Crippen molar-refractivity contribution in [1.29, 1.82) is 0 Å². The summed E-state index contributed by atoms with van der Waals surface area (Å²) in [5, 5.41) is 22.2. The number of amides is 2. The second-order valence-electron chi connectivity index (χ2n) is 11.2. The van der Waals surface area contributed by atoms with E-state index in [1.54, 1.807) is 0 Å². The third kappa shape index (κ3) is 5.38. The molecule has 0 radical (unpaired) electrons. The number of carbonyl (C=O) groups is 4. The lowest BCUT2D eigenvalue weighted by molar-refractivity contribution is -0.123. The van der Waals surface area contributed by atoms with Gasteiger partial charge in [-0.15, -0.1) is 0 Å². The summed E-state index contributed by atoms with van der Waals surface area (Å²) >= 11 is 0.